The molecule has 0 aliphatic heterocycles. The highest BCUT2D eigenvalue weighted by Crippen LogP contribution is 2.08. The summed E-state index contributed by atoms with van der Waals surface area (Å²) in [4.78, 5) is 49.3. The number of carboxylic acid groups (broad SMARTS) is 1. The molecule has 10 nitrogen and oxygen atoms in total. The highest BCUT2D eigenvalue weighted by Gasteiger charge is 2.30. The molecule has 11 heteroatoms. The largest absolute Gasteiger partial charge is 0.480 e. The van der Waals surface area contributed by atoms with Crippen LogP contribution in [0.5, 0.6) is 0 Å². The van der Waals surface area contributed by atoms with Crippen LogP contribution in [0.4, 0.5) is 0 Å². The van der Waals surface area contributed by atoms with Crippen molar-refractivity contribution in [1.29, 1.82) is 0 Å². The molecule has 0 heterocycles. The molecule has 0 rings (SSSR count). The minimum Gasteiger partial charge on any atom is -0.480 e. The van der Waals surface area contributed by atoms with E-state index in [4.69, 9.17) is 11.5 Å². The Labute approximate surface area is 196 Å². The van der Waals surface area contributed by atoms with Gasteiger partial charge < -0.3 is 32.5 Å². The van der Waals surface area contributed by atoms with E-state index >= 15 is 0 Å². The molecule has 0 aromatic rings. The number of amides is 3. The summed E-state index contributed by atoms with van der Waals surface area (Å²) in [6, 6.07) is -3.77. The number of nitrogens with two attached hydrogens (primary N) is 2. The molecule has 32 heavy (non-hydrogen) atoms. The molecule has 3 amide bonds. The van der Waals surface area contributed by atoms with E-state index in [-0.39, 0.29) is 24.0 Å². The minimum absolute atomic E-state index is 0.0352. The van der Waals surface area contributed by atoms with E-state index in [1.165, 1.54) is 0 Å². The van der Waals surface area contributed by atoms with Crippen molar-refractivity contribution in [1.82, 2.24) is 16.0 Å². The second-order valence-corrected chi connectivity index (χ2v) is 9.22. The molecule has 0 radical (unpaired) electrons. The van der Waals surface area contributed by atoms with Crippen LogP contribution in [0.2, 0.25) is 0 Å². The van der Waals surface area contributed by atoms with Crippen molar-refractivity contribution in [2.45, 2.75) is 84.0 Å². The van der Waals surface area contributed by atoms with Crippen molar-refractivity contribution in [3.05, 3.63) is 0 Å². The molecule has 0 saturated carbocycles. The molecule has 0 aliphatic carbocycles. The van der Waals surface area contributed by atoms with E-state index in [0.717, 1.165) is 6.42 Å². The quantitative estimate of drug-likeness (QED) is 0.121. The monoisotopic (exact) mass is 475 g/mol. The summed E-state index contributed by atoms with van der Waals surface area (Å²) < 4.78 is 0. The number of carbonyl (C=O) groups excluding carboxylic acids is 3. The first kappa shape index (κ1) is 30.1. The molecule has 4 unspecified atom stereocenters. The van der Waals surface area contributed by atoms with Crippen LogP contribution in [0.1, 0.15) is 59.8 Å². The Hall–Kier alpha value is -1.85. The number of hydrogen-bond acceptors (Lipinski definition) is 7. The van der Waals surface area contributed by atoms with Crippen LogP contribution in [0.25, 0.3) is 0 Å². The Bertz CT molecular complexity index is 617. The molecule has 4 atom stereocenters. The first-order valence-corrected chi connectivity index (χ1v) is 11.8. The average Bonchev–Trinajstić information content (AvgIpc) is 2.69. The normalized spacial score (nSPS) is 15.0. The second-order valence-electron chi connectivity index (χ2n) is 8.85. The van der Waals surface area contributed by atoms with Gasteiger partial charge in [-0.2, -0.15) is 12.6 Å². The van der Waals surface area contributed by atoms with Crippen LogP contribution < -0.4 is 27.4 Å². The molecule has 0 aliphatic rings. The number of unbranched alkanes of at least 4 members (excludes halogenated alkanes) is 1. The lowest BCUT2D eigenvalue weighted by Gasteiger charge is -2.25. The van der Waals surface area contributed by atoms with Gasteiger partial charge >= 0.3 is 5.97 Å². The minimum atomic E-state index is -1.15. The predicted octanol–water partition coefficient (Wildman–Crippen LogP) is 0.00370. The van der Waals surface area contributed by atoms with Gasteiger partial charge in [0.1, 0.15) is 18.1 Å². The summed E-state index contributed by atoms with van der Waals surface area (Å²) in [6.07, 6.45) is 2.51. The van der Waals surface area contributed by atoms with E-state index in [1.807, 2.05) is 27.7 Å². The number of carboxylic acids is 1. The molecule has 0 aromatic heterocycles. The fourth-order valence-corrected chi connectivity index (χ4v) is 3.31. The number of nitrogens with one attached hydrogen (secondary N) is 3. The lowest BCUT2D eigenvalue weighted by Crippen LogP contribution is -2.58. The molecule has 0 bridgehead atoms. The number of hydrogen-bond donors (Lipinski definition) is 7. The summed E-state index contributed by atoms with van der Waals surface area (Å²) in [7, 11) is 0. The maximum absolute atomic E-state index is 12.9. The lowest BCUT2D eigenvalue weighted by atomic mass is 10.0. The average molecular weight is 476 g/mol. The van der Waals surface area contributed by atoms with Crippen molar-refractivity contribution < 1.29 is 24.3 Å². The zero-order valence-corrected chi connectivity index (χ0v) is 20.5. The van der Waals surface area contributed by atoms with Gasteiger partial charge in [-0.1, -0.05) is 34.1 Å². The van der Waals surface area contributed by atoms with Crippen molar-refractivity contribution in [3.63, 3.8) is 0 Å². The summed E-state index contributed by atoms with van der Waals surface area (Å²) in [6.45, 7) is 8.01. The standard InChI is InChI=1S/C21H41N5O5S/c1-12(2)9-15(24-18(27)14(23)7-5-6-8-22)19(28)26-17(11-32)20(29)25-16(21(30)31)10-13(3)4/h12-17,32H,5-11,22-23H2,1-4H3,(H,24,27)(H,25,29)(H,26,28)(H,30,31). The Balaban J connectivity index is 5.16. The van der Waals surface area contributed by atoms with Crippen molar-refractivity contribution >= 4 is 36.3 Å². The van der Waals surface area contributed by atoms with Gasteiger partial charge in [0, 0.05) is 5.75 Å². The molecule has 0 spiro atoms. The topological polar surface area (TPSA) is 177 Å². The molecule has 0 fully saturated rings. The molecule has 8 N–H and O–H groups in total. The summed E-state index contributed by atoms with van der Waals surface area (Å²) in [5, 5.41) is 17.0. The van der Waals surface area contributed by atoms with Gasteiger partial charge in [0.05, 0.1) is 6.04 Å². The third-order valence-electron chi connectivity index (χ3n) is 4.78. The highest BCUT2D eigenvalue weighted by atomic mass is 32.1. The molecule has 186 valence electrons. The Morgan fingerprint density at radius 3 is 1.75 bits per heavy atom. The van der Waals surface area contributed by atoms with Crippen molar-refractivity contribution in [2.24, 2.45) is 23.3 Å². The van der Waals surface area contributed by atoms with E-state index in [9.17, 15) is 24.3 Å². The first-order valence-electron chi connectivity index (χ1n) is 11.1. The SMILES string of the molecule is CC(C)CC(NC(=O)C(CS)NC(=O)C(CC(C)C)NC(=O)C(N)CCCCN)C(=O)O. The van der Waals surface area contributed by atoms with E-state index in [0.29, 0.717) is 25.8 Å². The van der Waals surface area contributed by atoms with E-state index in [2.05, 4.69) is 28.6 Å². The smallest absolute Gasteiger partial charge is 0.326 e. The van der Waals surface area contributed by atoms with Crippen molar-refractivity contribution in [3.8, 4) is 0 Å². The van der Waals surface area contributed by atoms with E-state index in [1.54, 1.807) is 0 Å². The van der Waals surface area contributed by atoms with Gasteiger partial charge in [0.2, 0.25) is 17.7 Å². The highest BCUT2D eigenvalue weighted by molar-refractivity contribution is 7.80. The second kappa shape index (κ2) is 15.9. The fraction of sp³-hybridized carbons (Fsp3) is 0.810. The Morgan fingerprint density at radius 2 is 1.28 bits per heavy atom. The maximum Gasteiger partial charge on any atom is 0.326 e. The predicted molar refractivity (Wildman–Crippen MR) is 127 cm³/mol. The Morgan fingerprint density at radius 1 is 0.812 bits per heavy atom. The Kier molecular flexibility index (Phi) is 15.0. The van der Waals surface area contributed by atoms with Gasteiger partial charge in [-0.05, 0) is 44.1 Å². The van der Waals surface area contributed by atoms with Crippen LogP contribution in [0, 0.1) is 11.8 Å². The zero-order chi connectivity index (χ0) is 24.8. The van der Waals surface area contributed by atoms with Gasteiger partial charge in [-0.25, -0.2) is 4.79 Å². The molecule has 0 aromatic carbocycles. The number of rotatable bonds is 16. The maximum atomic E-state index is 12.9. The third kappa shape index (κ3) is 12.3. The van der Waals surface area contributed by atoms with Crippen LogP contribution in [-0.4, -0.2) is 65.3 Å². The molecular weight excluding hydrogens is 434 g/mol. The first-order chi connectivity index (χ1) is 14.9. The van der Waals surface area contributed by atoms with Crippen LogP contribution in [-0.2, 0) is 19.2 Å². The number of thiol groups is 1. The molecule has 0 saturated heterocycles. The number of aliphatic carboxylic acids is 1. The summed E-state index contributed by atoms with van der Waals surface area (Å²) >= 11 is 4.12. The van der Waals surface area contributed by atoms with E-state index < -0.39 is 47.9 Å². The van der Waals surface area contributed by atoms with Crippen molar-refractivity contribution in [2.75, 3.05) is 12.3 Å². The zero-order valence-electron chi connectivity index (χ0n) is 19.6. The molecular formula is C21H41N5O5S. The van der Waals surface area contributed by atoms with Gasteiger partial charge in [0.25, 0.3) is 0 Å². The van der Waals surface area contributed by atoms with Crippen LogP contribution in [0.15, 0.2) is 0 Å². The van der Waals surface area contributed by atoms with Gasteiger partial charge in [-0.15, -0.1) is 0 Å². The lowest BCUT2D eigenvalue weighted by molar-refractivity contribution is -0.142. The third-order valence-corrected chi connectivity index (χ3v) is 5.15. The van der Waals surface area contributed by atoms with Gasteiger partial charge in [-0.3, -0.25) is 14.4 Å². The van der Waals surface area contributed by atoms with Crippen LogP contribution in [0.3, 0.4) is 0 Å². The van der Waals surface area contributed by atoms with Crippen LogP contribution >= 0.6 is 12.6 Å². The summed E-state index contributed by atoms with van der Waals surface area (Å²) in [5.74, 6) is -2.68. The summed E-state index contributed by atoms with van der Waals surface area (Å²) in [5.41, 5.74) is 11.4. The number of carbonyl (C=O) groups is 4. The fourth-order valence-electron chi connectivity index (χ4n) is 3.05. The van der Waals surface area contributed by atoms with Gasteiger partial charge in [0.15, 0.2) is 0 Å².